The van der Waals surface area contributed by atoms with Crippen molar-refractivity contribution in [2.45, 2.75) is 13.3 Å². The SMILES string of the molecule is CCN1CCN(CCC(=O)Nc2ccccc2Br)CC1. The Morgan fingerprint density at radius 2 is 1.85 bits per heavy atom. The normalized spacial score (nSPS) is 17.1. The van der Waals surface area contributed by atoms with Gasteiger partial charge in [-0.1, -0.05) is 19.1 Å². The molecule has 20 heavy (non-hydrogen) atoms. The molecule has 1 saturated heterocycles. The van der Waals surface area contributed by atoms with Gasteiger partial charge in [-0.15, -0.1) is 0 Å². The highest BCUT2D eigenvalue weighted by molar-refractivity contribution is 9.10. The van der Waals surface area contributed by atoms with E-state index in [0.29, 0.717) is 6.42 Å². The zero-order valence-electron chi connectivity index (χ0n) is 11.9. The minimum Gasteiger partial charge on any atom is -0.325 e. The molecule has 110 valence electrons. The van der Waals surface area contributed by atoms with E-state index in [-0.39, 0.29) is 5.91 Å². The molecule has 0 atom stereocenters. The van der Waals surface area contributed by atoms with Gasteiger partial charge in [0.2, 0.25) is 5.91 Å². The van der Waals surface area contributed by atoms with Crippen LogP contribution in [0.25, 0.3) is 0 Å². The van der Waals surface area contributed by atoms with Crippen LogP contribution < -0.4 is 5.32 Å². The largest absolute Gasteiger partial charge is 0.325 e. The Balaban J connectivity index is 1.72. The predicted molar refractivity (Wildman–Crippen MR) is 85.9 cm³/mol. The molecule has 1 fully saturated rings. The van der Waals surface area contributed by atoms with Crippen molar-refractivity contribution in [3.8, 4) is 0 Å². The molecule has 0 spiro atoms. The van der Waals surface area contributed by atoms with E-state index in [4.69, 9.17) is 0 Å². The Hall–Kier alpha value is -0.910. The van der Waals surface area contributed by atoms with E-state index in [1.54, 1.807) is 0 Å². The van der Waals surface area contributed by atoms with Crippen LogP contribution in [0.4, 0.5) is 5.69 Å². The summed E-state index contributed by atoms with van der Waals surface area (Å²) in [5.74, 6) is 0.0785. The number of anilines is 1. The lowest BCUT2D eigenvalue weighted by Crippen LogP contribution is -2.46. The Labute approximate surface area is 129 Å². The van der Waals surface area contributed by atoms with Crippen LogP contribution in [0, 0.1) is 0 Å². The summed E-state index contributed by atoms with van der Waals surface area (Å²) in [6.07, 6.45) is 0.549. The molecule has 1 aromatic carbocycles. The number of piperazine rings is 1. The first-order valence-electron chi connectivity index (χ1n) is 7.18. The lowest BCUT2D eigenvalue weighted by atomic mass is 10.2. The Morgan fingerprint density at radius 1 is 1.20 bits per heavy atom. The van der Waals surface area contributed by atoms with Gasteiger partial charge >= 0.3 is 0 Å². The fraction of sp³-hybridized carbons (Fsp3) is 0.533. The van der Waals surface area contributed by atoms with Crippen molar-refractivity contribution >= 4 is 27.5 Å². The van der Waals surface area contributed by atoms with Crippen molar-refractivity contribution < 1.29 is 4.79 Å². The van der Waals surface area contributed by atoms with Gasteiger partial charge in [-0.05, 0) is 34.6 Å². The quantitative estimate of drug-likeness (QED) is 0.894. The second-order valence-corrected chi connectivity index (χ2v) is 5.91. The van der Waals surface area contributed by atoms with E-state index in [9.17, 15) is 4.79 Å². The first-order chi connectivity index (χ1) is 9.69. The van der Waals surface area contributed by atoms with E-state index in [0.717, 1.165) is 49.4 Å². The summed E-state index contributed by atoms with van der Waals surface area (Å²) in [4.78, 5) is 16.8. The van der Waals surface area contributed by atoms with Crippen LogP contribution in [0.3, 0.4) is 0 Å². The molecular formula is C15H22BrN3O. The Bertz CT molecular complexity index is 444. The number of hydrogen-bond donors (Lipinski definition) is 1. The topological polar surface area (TPSA) is 35.6 Å². The van der Waals surface area contributed by atoms with E-state index in [2.05, 4.69) is 38.0 Å². The van der Waals surface area contributed by atoms with Gasteiger partial charge in [-0.2, -0.15) is 0 Å². The molecule has 0 saturated carbocycles. The molecule has 5 heteroatoms. The number of halogens is 1. The molecule has 4 nitrogen and oxygen atoms in total. The molecule has 1 aliphatic heterocycles. The molecule has 0 unspecified atom stereocenters. The second kappa shape index (κ2) is 7.76. The summed E-state index contributed by atoms with van der Waals surface area (Å²) in [5, 5.41) is 2.95. The molecule has 0 aromatic heterocycles. The minimum absolute atomic E-state index is 0.0785. The smallest absolute Gasteiger partial charge is 0.225 e. The maximum Gasteiger partial charge on any atom is 0.225 e. The highest BCUT2D eigenvalue weighted by Crippen LogP contribution is 2.21. The average Bonchev–Trinajstić information content (AvgIpc) is 2.48. The van der Waals surface area contributed by atoms with Crippen LogP contribution in [0.15, 0.2) is 28.7 Å². The summed E-state index contributed by atoms with van der Waals surface area (Å²) < 4.78 is 0.921. The maximum absolute atomic E-state index is 12.0. The molecule has 1 N–H and O–H groups in total. The van der Waals surface area contributed by atoms with E-state index in [1.165, 1.54) is 0 Å². The maximum atomic E-state index is 12.0. The van der Waals surface area contributed by atoms with Gasteiger partial charge in [-0.3, -0.25) is 4.79 Å². The number of para-hydroxylation sites is 1. The number of amides is 1. The van der Waals surface area contributed by atoms with Gasteiger partial charge in [0.05, 0.1) is 5.69 Å². The van der Waals surface area contributed by atoms with Crippen LogP contribution in [0.2, 0.25) is 0 Å². The van der Waals surface area contributed by atoms with Crippen LogP contribution >= 0.6 is 15.9 Å². The molecule has 1 amide bonds. The number of hydrogen-bond acceptors (Lipinski definition) is 3. The highest BCUT2D eigenvalue weighted by Gasteiger charge is 2.16. The molecular weight excluding hydrogens is 318 g/mol. The van der Waals surface area contributed by atoms with Crippen molar-refractivity contribution in [1.82, 2.24) is 9.80 Å². The molecule has 1 heterocycles. The van der Waals surface area contributed by atoms with Crippen LogP contribution in [0.1, 0.15) is 13.3 Å². The van der Waals surface area contributed by atoms with Crippen LogP contribution in [-0.2, 0) is 4.79 Å². The standard InChI is InChI=1S/C15H22BrN3O/c1-2-18-9-11-19(12-10-18)8-7-15(20)17-14-6-4-3-5-13(14)16/h3-6H,2,7-12H2,1H3,(H,17,20). The summed E-state index contributed by atoms with van der Waals surface area (Å²) in [6, 6.07) is 7.69. The number of carbonyl (C=O) groups excluding carboxylic acids is 1. The van der Waals surface area contributed by atoms with Crippen molar-refractivity contribution in [3.05, 3.63) is 28.7 Å². The second-order valence-electron chi connectivity index (χ2n) is 5.05. The first kappa shape index (κ1) is 15.5. The Morgan fingerprint density at radius 3 is 2.50 bits per heavy atom. The van der Waals surface area contributed by atoms with Crippen molar-refractivity contribution in [1.29, 1.82) is 0 Å². The summed E-state index contributed by atoms with van der Waals surface area (Å²) in [7, 11) is 0. The fourth-order valence-electron chi connectivity index (χ4n) is 2.36. The average molecular weight is 340 g/mol. The molecule has 0 radical (unpaired) electrons. The molecule has 0 bridgehead atoms. The van der Waals surface area contributed by atoms with Gasteiger partial charge in [0.15, 0.2) is 0 Å². The molecule has 1 aliphatic rings. The van der Waals surface area contributed by atoms with Crippen molar-refractivity contribution in [2.75, 3.05) is 44.6 Å². The lowest BCUT2D eigenvalue weighted by Gasteiger charge is -2.33. The Kier molecular flexibility index (Phi) is 6.01. The minimum atomic E-state index is 0.0785. The number of rotatable bonds is 5. The van der Waals surface area contributed by atoms with E-state index >= 15 is 0 Å². The molecule has 1 aromatic rings. The number of nitrogens with zero attached hydrogens (tertiary/aromatic N) is 2. The number of benzene rings is 1. The number of carbonyl (C=O) groups is 1. The van der Waals surface area contributed by atoms with Crippen LogP contribution in [0.5, 0.6) is 0 Å². The first-order valence-corrected chi connectivity index (χ1v) is 7.97. The zero-order chi connectivity index (χ0) is 14.4. The summed E-state index contributed by atoms with van der Waals surface area (Å²) in [5.41, 5.74) is 0.841. The van der Waals surface area contributed by atoms with Gasteiger partial charge in [0.1, 0.15) is 0 Å². The van der Waals surface area contributed by atoms with Crippen LogP contribution in [-0.4, -0.2) is 55.0 Å². The van der Waals surface area contributed by atoms with Crippen molar-refractivity contribution in [3.63, 3.8) is 0 Å². The fourth-order valence-corrected chi connectivity index (χ4v) is 2.75. The van der Waals surface area contributed by atoms with Crippen molar-refractivity contribution in [2.24, 2.45) is 0 Å². The lowest BCUT2D eigenvalue weighted by molar-refractivity contribution is -0.116. The third kappa shape index (κ3) is 4.58. The van der Waals surface area contributed by atoms with E-state index < -0.39 is 0 Å². The highest BCUT2D eigenvalue weighted by atomic mass is 79.9. The van der Waals surface area contributed by atoms with Gasteiger partial charge in [0, 0.05) is 43.6 Å². The summed E-state index contributed by atoms with van der Waals surface area (Å²) in [6.45, 7) is 8.52. The predicted octanol–water partition coefficient (Wildman–Crippen LogP) is 2.42. The molecule has 0 aliphatic carbocycles. The number of likely N-dealkylation sites (N-methyl/N-ethyl adjacent to an activating group) is 1. The van der Waals surface area contributed by atoms with Gasteiger partial charge in [0.25, 0.3) is 0 Å². The monoisotopic (exact) mass is 339 g/mol. The third-order valence-electron chi connectivity index (χ3n) is 3.72. The van der Waals surface area contributed by atoms with Gasteiger partial charge in [-0.25, -0.2) is 0 Å². The molecule has 2 rings (SSSR count). The third-order valence-corrected chi connectivity index (χ3v) is 4.41. The number of nitrogens with one attached hydrogen (secondary N) is 1. The summed E-state index contributed by atoms with van der Waals surface area (Å²) >= 11 is 3.44. The van der Waals surface area contributed by atoms with Gasteiger partial charge < -0.3 is 15.1 Å². The zero-order valence-corrected chi connectivity index (χ0v) is 13.5. The van der Waals surface area contributed by atoms with E-state index in [1.807, 2.05) is 24.3 Å².